The molecule has 0 amide bonds. The number of non-ortho nitro benzene ring substituents is 1. The lowest BCUT2D eigenvalue weighted by molar-refractivity contribution is -0.394. The number of benzene rings is 3. The van der Waals surface area contributed by atoms with E-state index in [1.54, 1.807) is 48.5 Å². The van der Waals surface area contributed by atoms with Crippen molar-refractivity contribution in [1.82, 2.24) is 0 Å². The molecule has 32 heavy (non-hydrogen) atoms. The number of halogens is 1. The maximum Gasteiger partial charge on any atom is 0.343 e. The van der Waals surface area contributed by atoms with Crippen LogP contribution in [0.15, 0.2) is 65.1 Å². The number of ether oxygens (including phenoxy) is 2. The highest BCUT2D eigenvalue weighted by Crippen LogP contribution is 2.31. The largest absolute Gasteiger partial charge is 0.493 e. The summed E-state index contributed by atoms with van der Waals surface area (Å²) in [6.45, 7) is 0. The molecule has 162 valence electrons. The van der Waals surface area contributed by atoms with Gasteiger partial charge in [-0.25, -0.2) is 4.79 Å². The van der Waals surface area contributed by atoms with Crippen LogP contribution >= 0.6 is 15.9 Å². The third-order valence-electron chi connectivity index (χ3n) is 4.35. The van der Waals surface area contributed by atoms with Gasteiger partial charge in [-0.05, 0) is 54.1 Å². The van der Waals surface area contributed by atoms with Crippen molar-refractivity contribution in [2.75, 3.05) is 7.11 Å². The Kier molecular flexibility index (Phi) is 6.96. The zero-order valence-corrected chi connectivity index (χ0v) is 18.1. The molecule has 3 aromatic carbocycles. The van der Waals surface area contributed by atoms with E-state index in [4.69, 9.17) is 9.47 Å². The van der Waals surface area contributed by atoms with Gasteiger partial charge in [0, 0.05) is 10.5 Å². The smallest absolute Gasteiger partial charge is 0.343 e. The molecule has 0 aromatic heterocycles. The lowest BCUT2D eigenvalue weighted by atomic mass is 10.1. The highest BCUT2D eigenvalue weighted by Gasteiger charge is 2.18. The van der Waals surface area contributed by atoms with Crippen LogP contribution in [0.1, 0.15) is 21.5 Å². The number of esters is 1. The summed E-state index contributed by atoms with van der Waals surface area (Å²) in [6, 6.07) is 14.9. The molecule has 0 aliphatic heterocycles. The monoisotopic (exact) mass is 498 g/mol. The molecular formula is C22H15BrN2O7. The van der Waals surface area contributed by atoms with E-state index in [1.807, 2.05) is 0 Å². The summed E-state index contributed by atoms with van der Waals surface area (Å²) in [5, 5.41) is 22.1. The van der Waals surface area contributed by atoms with Crippen LogP contribution in [-0.2, 0) is 0 Å². The molecule has 0 aliphatic carbocycles. The van der Waals surface area contributed by atoms with E-state index in [0.717, 1.165) is 10.5 Å². The van der Waals surface area contributed by atoms with Gasteiger partial charge >= 0.3 is 5.97 Å². The Morgan fingerprint density at radius 2 is 1.62 bits per heavy atom. The molecule has 10 heteroatoms. The maximum absolute atomic E-state index is 12.3. The number of hydrogen-bond acceptors (Lipinski definition) is 7. The second-order valence-corrected chi connectivity index (χ2v) is 7.31. The number of carbonyl (C=O) groups is 1. The summed E-state index contributed by atoms with van der Waals surface area (Å²) in [5.74, 6) is -0.0599. The molecular weight excluding hydrogens is 484 g/mol. The van der Waals surface area contributed by atoms with Crippen molar-refractivity contribution in [2.24, 2.45) is 0 Å². The molecule has 0 saturated heterocycles. The fourth-order valence-corrected chi connectivity index (χ4v) is 3.01. The predicted octanol–water partition coefficient (Wildman–Crippen LogP) is 5.66. The summed E-state index contributed by atoms with van der Waals surface area (Å²) in [5.41, 5.74) is 0.419. The molecule has 0 unspecified atom stereocenters. The summed E-state index contributed by atoms with van der Waals surface area (Å²) < 4.78 is 11.5. The number of hydrogen-bond donors (Lipinski definition) is 0. The summed E-state index contributed by atoms with van der Waals surface area (Å²) in [7, 11) is 1.42. The standard InChI is InChI=1S/C22H15BrN2O7/c1-31-21-12-14(2-4-15-7-10-18(24(27)28)13-19(15)25(29)30)3-11-20(21)32-22(26)16-5-8-17(23)9-6-16/h2-13H,1H3. The van der Waals surface area contributed by atoms with Crippen LogP contribution in [0.2, 0.25) is 0 Å². The molecule has 3 rings (SSSR count). The highest BCUT2D eigenvalue weighted by atomic mass is 79.9. The first-order chi connectivity index (χ1) is 15.3. The van der Waals surface area contributed by atoms with E-state index in [9.17, 15) is 25.0 Å². The Balaban J connectivity index is 1.84. The van der Waals surface area contributed by atoms with Crippen molar-refractivity contribution in [2.45, 2.75) is 0 Å². The predicted molar refractivity (Wildman–Crippen MR) is 121 cm³/mol. The van der Waals surface area contributed by atoms with Gasteiger partial charge in [-0.3, -0.25) is 20.2 Å². The second kappa shape index (κ2) is 9.84. The lowest BCUT2D eigenvalue weighted by Gasteiger charge is -2.10. The van der Waals surface area contributed by atoms with Gasteiger partial charge in [0.25, 0.3) is 11.4 Å². The number of rotatable bonds is 7. The zero-order valence-electron chi connectivity index (χ0n) is 16.6. The quantitative estimate of drug-likeness (QED) is 0.135. The first-order valence-corrected chi connectivity index (χ1v) is 9.84. The number of nitrogens with zero attached hydrogens (tertiary/aromatic N) is 2. The zero-order chi connectivity index (χ0) is 23.3. The average Bonchev–Trinajstić information content (AvgIpc) is 2.78. The fourth-order valence-electron chi connectivity index (χ4n) is 2.75. The lowest BCUT2D eigenvalue weighted by Crippen LogP contribution is -2.09. The molecule has 0 N–H and O–H groups in total. The van der Waals surface area contributed by atoms with E-state index < -0.39 is 15.8 Å². The minimum Gasteiger partial charge on any atom is -0.493 e. The van der Waals surface area contributed by atoms with Gasteiger partial charge < -0.3 is 9.47 Å². The fraction of sp³-hybridized carbons (Fsp3) is 0.0455. The Hall–Kier alpha value is -4.05. The summed E-state index contributed by atoms with van der Waals surface area (Å²) >= 11 is 3.30. The van der Waals surface area contributed by atoms with Gasteiger partial charge in [0.2, 0.25) is 0 Å². The van der Waals surface area contributed by atoms with Crippen LogP contribution in [0.4, 0.5) is 11.4 Å². The van der Waals surface area contributed by atoms with E-state index in [0.29, 0.717) is 11.1 Å². The van der Waals surface area contributed by atoms with E-state index in [-0.39, 0.29) is 28.4 Å². The van der Waals surface area contributed by atoms with Gasteiger partial charge in [-0.1, -0.05) is 28.1 Å². The minimum atomic E-state index is -0.695. The van der Waals surface area contributed by atoms with Crippen molar-refractivity contribution < 1.29 is 24.1 Å². The normalized spacial score (nSPS) is 10.7. The molecule has 0 radical (unpaired) electrons. The van der Waals surface area contributed by atoms with Crippen LogP contribution < -0.4 is 9.47 Å². The second-order valence-electron chi connectivity index (χ2n) is 6.40. The topological polar surface area (TPSA) is 122 Å². The van der Waals surface area contributed by atoms with Crippen LogP contribution in [0.3, 0.4) is 0 Å². The molecule has 0 heterocycles. The van der Waals surface area contributed by atoms with Gasteiger partial charge in [-0.2, -0.15) is 0 Å². The molecule has 0 atom stereocenters. The molecule has 0 bridgehead atoms. The van der Waals surface area contributed by atoms with Crippen LogP contribution in [-0.4, -0.2) is 22.9 Å². The average molecular weight is 499 g/mol. The van der Waals surface area contributed by atoms with Crippen molar-refractivity contribution in [3.63, 3.8) is 0 Å². The Morgan fingerprint density at radius 3 is 2.25 bits per heavy atom. The number of methoxy groups -OCH3 is 1. The summed E-state index contributed by atoms with van der Waals surface area (Å²) in [6.07, 6.45) is 3.04. The van der Waals surface area contributed by atoms with Crippen molar-refractivity contribution in [1.29, 1.82) is 0 Å². The molecule has 0 saturated carbocycles. The molecule has 0 aliphatic rings. The Labute approximate surface area is 190 Å². The Morgan fingerprint density at radius 1 is 0.906 bits per heavy atom. The van der Waals surface area contributed by atoms with Crippen molar-refractivity contribution >= 4 is 45.4 Å². The number of nitro benzene ring substituents is 2. The van der Waals surface area contributed by atoms with E-state index >= 15 is 0 Å². The van der Waals surface area contributed by atoms with Crippen LogP contribution in [0.25, 0.3) is 12.2 Å². The van der Waals surface area contributed by atoms with Gasteiger partial charge in [0.05, 0.1) is 34.1 Å². The third kappa shape index (κ3) is 5.35. The van der Waals surface area contributed by atoms with Crippen molar-refractivity contribution in [3.05, 3.63) is 102 Å². The van der Waals surface area contributed by atoms with Crippen LogP contribution in [0.5, 0.6) is 11.5 Å². The van der Waals surface area contributed by atoms with Crippen LogP contribution in [0, 0.1) is 20.2 Å². The number of nitro groups is 2. The Bertz CT molecular complexity index is 1220. The first-order valence-electron chi connectivity index (χ1n) is 9.05. The van der Waals surface area contributed by atoms with E-state index in [1.165, 1.54) is 25.3 Å². The van der Waals surface area contributed by atoms with Gasteiger partial charge in [0.15, 0.2) is 11.5 Å². The molecule has 0 fully saturated rings. The van der Waals surface area contributed by atoms with Gasteiger partial charge in [0.1, 0.15) is 0 Å². The summed E-state index contributed by atoms with van der Waals surface area (Å²) in [4.78, 5) is 33.1. The minimum absolute atomic E-state index is 0.199. The number of carbonyl (C=O) groups excluding carboxylic acids is 1. The van der Waals surface area contributed by atoms with Crippen molar-refractivity contribution in [3.8, 4) is 11.5 Å². The first kappa shape index (κ1) is 22.6. The molecule has 9 nitrogen and oxygen atoms in total. The SMILES string of the molecule is COc1cc(C=Cc2ccc([N+](=O)[O-])cc2[N+](=O)[O-])ccc1OC(=O)c1ccc(Br)cc1. The maximum atomic E-state index is 12.3. The molecule has 0 spiro atoms. The van der Waals surface area contributed by atoms with E-state index in [2.05, 4.69) is 15.9 Å². The van der Waals surface area contributed by atoms with Gasteiger partial charge in [-0.15, -0.1) is 0 Å². The highest BCUT2D eigenvalue weighted by molar-refractivity contribution is 9.10. The molecule has 3 aromatic rings. The third-order valence-corrected chi connectivity index (χ3v) is 4.88.